The van der Waals surface area contributed by atoms with Gasteiger partial charge in [0, 0.05) is 31.7 Å². The van der Waals surface area contributed by atoms with Gasteiger partial charge in [0.2, 0.25) is 11.7 Å². The molecule has 0 bridgehead atoms. The second-order valence-electron chi connectivity index (χ2n) is 6.36. The first kappa shape index (κ1) is 18.5. The number of thioether (sulfide) groups is 1. The molecule has 0 N–H and O–H groups in total. The van der Waals surface area contributed by atoms with Crippen LogP contribution in [0.1, 0.15) is 0 Å². The smallest absolute Gasteiger partial charge is 0.286 e. The van der Waals surface area contributed by atoms with Crippen molar-refractivity contribution < 1.29 is 13.7 Å². The largest absolute Gasteiger partial charge is 0.366 e. The van der Waals surface area contributed by atoms with E-state index < -0.39 is 0 Å². The van der Waals surface area contributed by atoms with Crippen molar-refractivity contribution in [1.29, 1.82) is 0 Å². The van der Waals surface area contributed by atoms with Crippen LogP contribution in [-0.2, 0) is 4.79 Å². The Bertz CT molecular complexity index is 942. The minimum Gasteiger partial charge on any atom is -0.366 e. The second kappa shape index (κ2) is 8.43. The van der Waals surface area contributed by atoms with Crippen molar-refractivity contribution in [2.75, 3.05) is 36.8 Å². The zero-order valence-electron chi connectivity index (χ0n) is 15.1. The van der Waals surface area contributed by atoms with Crippen LogP contribution >= 0.6 is 11.8 Å². The molecule has 0 radical (unpaired) electrons. The Morgan fingerprint density at radius 1 is 1.04 bits per heavy atom. The van der Waals surface area contributed by atoms with Gasteiger partial charge in [-0.1, -0.05) is 59.4 Å². The molecule has 8 heteroatoms. The number of nitrogens with zero attached hydrogens (tertiary/aromatic N) is 4. The molecule has 0 saturated carbocycles. The van der Waals surface area contributed by atoms with Crippen LogP contribution in [0, 0.1) is 5.82 Å². The van der Waals surface area contributed by atoms with E-state index in [0.717, 1.165) is 5.56 Å². The third-order valence-corrected chi connectivity index (χ3v) is 5.39. The van der Waals surface area contributed by atoms with E-state index in [1.807, 2.05) is 41.3 Å². The summed E-state index contributed by atoms with van der Waals surface area (Å²) in [6.45, 7) is 2.34. The van der Waals surface area contributed by atoms with Gasteiger partial charge in [0.15, 0.2) is 0 Å². The number of hydrogen-bond donors (Lipinski definition) is 0. The lowest BCUT2D eigenvalue weighted by Crippen LogP contribution is -2.49. The SMILES string of the molecule is O=C(CSc1nc(-c2ccccc2)no1)N1CCN(c2ccccc2F)CC1. The maximum Gasteiger partial charge on any atom is 0.286 e. The fraction of sp³-hybridized carbons (Fsp3) is 0.250. The standard InChI is InChI=1S/C20H19FN4O2S/c21-16-8-4-5-9-17(16)24-10-12-25(13-11-24)18(26)14-28-20-22-19(23-27-20)15-6-2-1-3-7-15/h1-9H,10-14H2. The molecule has 0 spiro atoms. The highest BCUT2D eigenvalue weighted by Gasteiger charge is 2.23. The molecule has 1 aromatic heterocycles. The van der Waals surface area contributed by atoms with Gasteiger partial charge in [-0.05, 0) is 12.1 Å². The highest BCUT2D eigenvalue weighted by molar-refractivity contribution is 7.99. The number of piperazine rings is 1. The van der Waals surface area contributed by atoms with Gasteiger partial charge < -0.3 is 14.3 Å². The predicted molar refractivity (Wildman–Crippen MR) is 106 cm³/mol. The van der Waals surface area contributed by atoms with Crippen molar-refractivity contribution in [2.45, 2.75) is 5.22 Å². The predicted octanol–water partition coefficient (Wildman–Crippen LogP) is 3.32. The molecule has 1 saturated heterocycles. The molecule has 2 aromatic carbocycles. The number of amides is 1. The minimum absolute atomic E-state index is 0.0117. The number of rotatable bonds is 5. The highest BCUT2D eigenvalue weighted by Crippen LogP contribution is 2.23. The number of anilines is 1. The first-order chi connectivity index (χ1) is 13.7. The van der Waals surface area contributed by atoms with Crippen LogP contribution < -0.4 is 4.90 Å². The maximum atomic E-state index is 13.9. The van der Waals surface area contributed by atoms with Crippen LogP contribution in [-0.4, -0.2) is 52.9 Å². The Labute approximate surface area is 166 Å². The average molecular weight is 398 g/mol. The van der Waals surface area contributed by atoms with Crippen LogP contribution in [0.3, 0.4) is 0 Å². The van der Waals surface area contributed by atoms with Gasteiger partial charge in [-0.3, -0.25) is 4.79 Å². The minimum atomic E-state index is -0.233. The third kappa shape index (κ3) is 4.17. The average Bonchev–Trinajstić information content (AvgIpc) is 3.22. The molecule has 2 heterocycles. The van der Waals surface area contributed by atoms with Gasteiger partial charge in [-0.2, -0.15) is 4.98 Å². The number of carbonyl (C=O) groups is 1. The molecular weight excluding hydrogens is 379 g/mol. The first-order valence-corrected chi connectivity index (χ1v) is 9.98. The summed E-state index contributed by atoms with van der Waals surface area (Å²) in [6, 6.07) is 16.3. The Hall–Kier alpha value is -2.87. The summed E-state index contributed by atoms with van der Waals surface area (Å²) in [4.78, 5) is 20.6. The molecule has 0 unspecified atom stereocenters. The molecular formula is C20H19FN4O2S. The fourth-order valence-corrected chi connectivity index (χ4v) is 3.76. The molecule has 1 fully saturated rings. The molecule has 1 aliphatic rings. The van der Waals surface area contributed by atoms with E-state index in [0.29, 0.717) is 42.9 Å². The van der Waals surface area contributed by atoms with Gasteiger partial charge in [0.1, 0.15) is 5.82 Å². The summed E-state index contributed by atoms with van der Waals surface area (Å²) in [5.74, 6) is 0.519. The monoisotopic (exact) mass is 398 g/mol. The lowest BCUT2D eigenvalue weighted by atomic mass is 10.2. The molecule has 1 amide bonds. The summed E-state index contributed by atoms with van der Waals surface area (Å²) >= 11 is 1.23. The van der Waals surface area contributed by atoms with E-state index in [2.05, 4.69) is 10.1 Å². The quantitative estimate of drug-likeness (QED) is 0.615. The number of aromatic nitrogens is 2. The molecule has 0 atom stereocenters. The van der Waals surface area contributed by atoms with Gasteiger partial charge in [-0.25, -0.2) is 4.39 Å². The lowest BCUT2D eigenvalue weighted by Gasteiger charge is -2.36. The fourth-order valence-electron chi connectivity index (χ4n) is 3.09. The van der Waals surface area contributed by atoms with Crippen LogP contribution in [0.25, 0.3) is 11.4 Å². The molecule has 1 aliphatic heterocycles. The number of halogens is 1. The van der Waals surface area contributed by atoms with Crippen molar-refractivity contribution in [3.05, 3.63) is 60.4 Å². The number of hydrogen-bond acceptors (Lipinski definition) is 6. The second-order valence-corrected chi connectivity index (χ2v) is 7.28. The third-order valence-electron chi connectivity index (χ3n) is 4.58. The summed E-state index contributed by atoms with van der Waals surface area (Å²) in [5.41, 5.74) is 1.46. The van der Waals surface area contributed by atoms with E-state index in [-0.39, 0.29) is 17.5 Å². The van der Waals surface area contributed by atoms with Crippen molar-refractivity contribution in [2.24, 2.45) is 0 Å². The van der Waals surface area contributed by atoms with Crippen LogP contribution in [0.2, 0.25) is 0 Å². The van der Waals surface area contributed by atoms with Crippen molar-refractivity contribution in [1.82, 2.24) is 15.0 Å². The van der Waals surface area contributed by atoms with Gasteiger partial charge in [0.25, 0.3) is 5.22 Å². The Morgan fingerprint density at radius 3 is 2.50 bits per heavy atom. The molecule has 4 rings (SSSR count). The van der Waals surface area contributed by atoms with Gasteiger partial charge in [-0.15, -0.1) is 0 Å². The Kier molecular flexibility index (Phi) is 5.57. The van der Waals surface area contributed by atoms with E-state index in [9.17, 15) is 9.18 Å². The number of benzene rings is 2. The molecule has 144 valence electrons. The molecule has 0 aliphatic carbocycles. The van der Waals surface area contributed by atoms with Gasteiger partial charge in [0.05, 0.1) is 11.4 Å². The lowest BCUT2D eigenvalue weighted by molar-refractivity contribution is -0.128. The van der Waals surface area contributed by atoms with Crippen molar-refractivity contribution in [3.8, 4) is 11.4 Å². The van der Waals surface area contributed by atoms with E-state index >= 15 is 0 Å². The van der Waals surface area contributed by atoms with E-state index in [1.165, 1.54) is 17.8 Å². The normalized spacial score (nSPS) is 14.3. The molecule has 3 aromatic rings. The zero-order chi connectivity index (χ0) is 19.3. The zero-order valence-corrected chi connectivity index (χ0v) is 15.9. The topological polar surface area (TPSA) is 62.5 Å². The van der Waals surface area contributed by atoms with E-state index in [4.69, 9.17) is 4.52 Å². The van der Waals surface area contributed by atoms with Gasteiger partial charge >= 0.3 is 0 Å². The van der Waals surface area contributed by atoms with Crippen molar-refractivity contribution in [3.63, 3.8) is 0 Å². The van der Waals surface area contributed by atoms with E-state index in [1.54, 1.807) is 17.0 Å². The molecule has 6 nitrogen and oxygen atoms in total. The Balaban J connectivity index is 1.28. The van der Waals surface area contributed by atoms with Crippen LogP contribution in [0.15, 0.2) is 64.3 Å². The summed E-state index contributed by atoms with van der Waals surface area (Å²) < 4.78 is 19.1. The van der Waals surface area contributed by atoms with Crippen LogP contribution in [0.5, 0.6) is 0 Å². The Morgan fingerprint density at radius 2 is 1.75 bits per heavy atom. The highest BCUT2D eigenvalue weighted by atomic mass is 32.2. The van der Waals surface area contributed by atoms with Crippen LogP contribution in [0.4, 0.5) is 10.1 Å². The number of carbonyl (C=O) groups excluding carboxylic acids is 1. The molecule has 28 heavy (non-hydrogen) atoms. The number of para-hydroxylation sites is 1. The summed E-state index contributed by atoms with van der Waals surface area (Å²) in [7, 11) is 0. The first-order valence-electron chi connectivity index (χ1n) is 9.00. The summed E-state index contributed by atoms with van der Waals surface area (Å²) in [5, 5.41) is 4.33. The summed E-state index contributed by atoms with van der Waals surface area (Å²) in [6.07, 6.45) is 0. The maximum absolute atomic E-state index is 13.9. The van der Waals surface area contributed by atoms with Crippen molar-refractivity contribution >= 4 is 23.4 Å².